The van der Waals surface area contributed by atoms with E-state index in [2.05, 4.69) is 101 Å². The van der Waals surface area contributed by atoms with Crippen molar-refractivity contribution in [2.45, 2.75) is 90.1 Å². The normalized spacial score (nSPS) is 19.0. The zero-order valence-electron chi connectivity index (χ0n) is 21.5. The zero-order valence-corrected chi connectivity index (χ0v) is 21.5. The highest BCUT2D eigenvalue weighted by molar-refractivity contribution is 5.67. The summed E-state index contributed by atoms with van der Waals surface area (Å²) in [5.41, 5.74) is 5.54. The topological polar surface area (TPSA) is 50.4 Å². The number of benzene rings is 2. The Morgan fingerprint density at radius 3 is 1.85 bits per heavy atom. The van der Waals surface area contributed by atoms with Gasteiger partial charge in [-0.15, -0.1) is 0 Å². The average Bonchev–Trinajstić information content (AvgIpc) is 3.19. The lowest BCUT2D eigenvalue weighted by Gasteiger charge is -2.27. The van der Waals surface area contributed by atoms with Crippen molar-refractivity contribution in [3.63, 3.8) is 0 Å². The number of ether oxygens (including phenoxy) is 1. The summed E-state index contributed by atoms with van der Waals surface area (Å²) in [5.74, 6) is 0.214. The first-order valence-electron chi connectivity index (χ1n) is 12.4. The third-order valence-electron chi connectivity index (χ3n) is 6.60. The van der Waals surface area contributed by atoms with Crippen LogP contribution in [-0.2, 0) is 15.6 Å². The zero-order chi connectivity index (χ0) is 24.2. The van der Waals surface area contributed by atoms with Gasteiger partial charge >= 0.3 is 6.09 Å². The van der Waals surface area contributed by atoms with Crippen molar-refractivity contribution in [3.05, 3.63) is 70.8 Å². The van der Waals surface area contributed by atoms with Crippen LogP contribution in [0.5, 0.6) is 0 Å². The SMILES string of the molecule is CCCOC(=O)N[C@H]1CN[C@@H](C(c2ccc(C(C)(C)C)cc2)c2ccc(C(C)(C)C)cc2)C1. The third-order valence-corrected chi connectivity index (χ3v) is 6.60. The van der Waals surface area contributed by atoms with Crippen molar-refractivity contribution in [1.29, 1.82) is 0 Å². The Kier molecular flexibility index (Phi) is 7.89. The predicted molar refractivity (Wildman–Crippen MR) is 137 cm³/mol. The summed E-state index contributed by atoms with van der Waals surface area (Å²) in [5, 5.41) is 6.72. The molecular weight excluding hydrogens is 408 g/mol. The average molecular weight is 451 g/mol. The molecule has 0 aliphatic carbocycles. The Bertz CT molecular complexity index is 847. The van der Waals surface area contributed by atoms with Crippen LogP contribution in [0.4, 0.5) is 4.79 Å². The number of nitrogens with one attached hydrogen (secondary N) is 2. The Morgan fingerprint density at radius 1 is 0.939 bits per heavy atom. The van der Waals surface area contributed by atoms with E-state index in [4.69, 9.17) is 4.74 Å². The van der Waals surface area contributed by atoms with Crippen LogP contribution in [0.3, 0.4) is 0 Å². The van der Waals surface area contributed by atoms with Gasteiger partial charge < -0.3 is 15.4 Å². The Hall–Kier alpha value is -2.33. The molecule has 4 nitrogen and oxygen atoms in total. The number of hydrogen-bond acceptors (Lipinski definition) is 3. The molecule has 0 unspecified atom stereocenters. The van der Waals surface area contributed by atoms with E-state index in [9.17, 15) is 4.79 Å². The molecule has 2 aromatic rings. The Balaban J connectivity index is 1.86. The van der Waals surface area contributed by atoms with E-state index < -0.39 is 0 Å². The monoisotopic (exact) mass is 450 g/mol. The Morgan fingerprint density at radius 2 is 1.42 bits per heavy atom. The van der Waals surface area contributed by atoms with Gasteiger partial charge in [0, 0.05) is 24.5 Å². The van der Waals surface area contributed by atoms with Gasteiger partial charge in [-0.2, -0.15) is 0 Å². The fourth-order valence-electron chi connectivity index (χ4n) is 4.57. The number of alkyl carbamates (subject to hydrolysis) is 1. The maximum Gasteiger partial charge on any atom is 0.407 e. The summed E-state index contributed by atoms with van der Waals surface area (Å²) in [7, 11) is 0. The van der Waals surface area contributed by atoms with Crippen molar-refractivity contribution < 1.29 is 9.53 Å². The predicted octanol–water partition coefficient (Wildman–Crippen LogP) is 6.28. The highest BCUT2D eigenvalue weighted by atomic mass is 16.5. The van der Waals surface area contributed by atoms with Gasteiger partial charge in [0.2, 0.25) is 0 Å². The molecule has 2 N–H and O–H groups in total. The number of carbonyl (C=O) groups is 1. The molecule has 2 atom stereocenters. The number of carbonyl (C=O) groups excluding carboxylic acids is 1. The second-order valence-corrected chi connectivity index (χ2v) is 11.4. The van der Waals surface area contributed by atoms with Gasteiger partial charge in [0.05, 0.1) is 6.61 Å². The van der Waals surface area contributed by atoms with Gasteiger partial charge in [0.25, 0.3) is 0 Å². The smallest absolute Gasteiger partial charge is 0.407 e. The maximum absolute atomic E-state index is 12.1. The quantitative estimate of drug-likeness (QED) is 0.544. The molecule has 1 aliphatic rings. The molecule has 4 heteroatoms. The molecule has 0 aromatic heterocycles. The summed E-state index contributed by atoms with van der Waals surface area (Å²) in [6.07, 6.45) is 1.38. The standard InChI is InChI=1S/C29H42N2O2/c1-8-17-33-27(32)31-24-18-25(30-19-24)26(20-9-13-22(14-10-20)28(2,3)4)21-11-15-23(16-12-21)29(5,6)7/h9-16,24-26,30H,8,17-19H2,1-7H3,(H,31,32)/t24-,25-/m1/s1. The number of rotatable bonds is 6. The van der Waals surface area contributed by atoms with E-state index in [-0.39, 0.29) is 34.9 Å². The van der Waals surface area contributed by atoms with Crippen molar-refractivity contribution in [2.75, 3.05) is 13.2 Å². The van der Waals surface area contributed by atoms with E-state index in [0.717, 1.165) is 19.4 Å². The van der Waals surface area contributed by atoms with E-state index in [0.29, 0.717) is 6.61 Å². The second-order valence-electron chi connectivity index (χ2n) is 11.4. The van der Waals surface area contributed by atoms with Crippen LogP contribution in [0.1, 0.15) is 89.5 Å². The van der Waals surface area contributed by atoms with E-state index in [1.807, 2.05) is 6.92 Å². The summed E-state index contributed by atoms with van der Waals surface area (Å²) >= 11 is 0. The number of amides is 1. The van der Waals surface area contributed by atoms with Crippen LogP contribution in [0.15, 0.2) is 48.5 Å². The largest absolute Gasteiger partial charge is 0.450 e. The molecule has 0 radical (unpaired) electrons. The highest BCUT2D eigenvalue weighted by Gasteiger charge is 2.33. The van der Waals surface area contributed by atoms with E-state index >= 15 is 0 Å². The van der Waals surface area contributed by atoms with Crippen LogP contribution < -0.4 is 10.6 Å². The molecule has 1 aliphatic heterocycles. The van der Waals surface area contributed by atoms with Gasteiger partial charge in [-0.1, -0.05) is 97.0 Å². The molecule has 2 aromatic carbocycles. The van der Waals surface area contributed by atoms with Gasteiger partial charge in [-0.25, -0.2) is 4.79 Å². The van der Waals surface area contributed by atoms with E-state index in [1.54, 1.807) is 0 Å². The second kappa shape index (κ2) is 10.3. The molecule has 180 valence electrons. The van der Waals surface area contributed by atoms with Crippen molar-refractivity contribution in [2.24, 2.45) is 0 Å². The lowest BCUT2D eigenvalue weighted by Crippen LogP contribution is -2.36. The number of hydrogen-bond donors (Lipinski definition) is 2. The molecule has 0 bridgehead atoms. The summed E-state index contributed by atoms with van der Waals surface area (Å²) in [6, 6.07) is 18.5. The van der Waals surface area contributed by atoms with Gasteiger partial charge in [-0.05, 0) is 45.9 Å². The van der Waals surface area contributed by atoms with Crippen molar-refractivity contribution in [1.82, 2.24) is 10.6 Å². The lowest BCUT2D eigenvalue weighted by atomic mass is 9.80. The first-order chi connectivity index (χ1) is 15.5. The summed E-state index contributed by atoms with van der Waals surface area (Å²) in [4.78, 5) is 12.1. The third kappa shape index (κ3) is 6.60. The van der Waals surface area contributed by atoms with Gasteiger partial charge in [0.1, 0.15) is 0 Å². The van der Waals surface area contributed by atoms with E-state index in [1.165, 1.54) is 22.3 Å². The minimum absolute atomic E-state index is 0.0737. The summed E-state index contributed by atoms with van der Waals surface area (Å²) < 4.78 is 5.23. The summed E-state index contributed by atoms with van der Waals surface area (Å²) in [6.45, 7) is 16.7. The molecule has 0 spiro atoms. The molecular formula is C29H42N2O2. The van der Waals surface area contributed by atoms with Crippen LogP contribution >= 0.6 is 0 Å². The fourth-order valence-corrected chi connectivity index (χ4v) is 4.57. The minimum Gasteiger partial charge on any atom is -0.450 e. The highest BCUT2D eigenvalue weighted by Crippen LogP contribution is 2.35. The molecule has 1 fully saturated rings. The molecule has 1 saturated heterocycles. The fraction of sp³-hybridized carbons (Fsp3) is 0.552. The molecule has 3 rings (SSSR count). The Labute approximate surface area is 200 Å². The van der Waals surface area contributed by atoms with Crippen LogP contribution in [0.25, 0.3) is 0 Å². The van der Waals surface area contributed by atoms with Crippen LogP contribution in [0.2, 0.25) is 0 Å². The van der Waals surface area contributed by atoms with Crippen LogP contribution in [0, 0.1) is 0 Å². The molecule has 1 heterocycles. The lowest BCUT2D eigenvalue weighted by molar-refractivity contribution is 0.143. The van der Waals surface area contributed by atoms with Crippen molar-refractivity contribution in [3.8, 4) is 0 Å². The van der Waals surface area contributed by atoms with Crippen LogP contribution in [-0.4, -0.2) is 31.3 Å². The van der Waals surface area contributed by atoms with Gasteiger partial charge in [-0.3, -0.25) is 0 Å². The maximum atomic E-state index is 12.1. The molecule has 33 heavy (non-hydrogen) atoms. The molecule has 1 amide bonds. The first kappa shape index (κ1) is 25.3. The minimum atomic E-state index is -0.315. The first-order valence-corrected chi connectivity index (χ1v) is 12.4. The van der Waals surface area contributed by atoms with Crippen molar-refractivity contribution >= 4 is 6.09 Å². The molecule has 0 saturated carbocycles. The van der Waals surface area contributed by atoms with Gasteiger partial charge in [0.15, 0.2) is 0 Å².